The second-order valence-electron chi connectivity index (χ2n) is 4.80. The van der Waals surface area contributed by atoms with E-state index in [1.165, 1.54) is 27.0 Å². The first-order chi connectivity index (χ1) is 9.86. The Labute approximate surface area is 123 Å². The number of aliphatic hydroxyl groups excluding tert-OH is 2. The number of ketones is 1. The molecule has 2 unspecified atom stereocenters. The highest BCUT2D eigenvalue weighted by molar-refractivity contribution is 5.94. The summed E-state index contributed by atoms with van der Waals surface area (Å²) in [6.45, 7) is 3.05. The van der Waals surface area contributed by atoms with Crippen LogP contribution in [-0.2, 0) is 4.79 Å². The van der Waals surface area contributed by atoms with E-state index >= 15 is 0 Å². The van der Waals surface area contributed by atoms with E-state index in [0.29, 0.717) is 16.9 Å². The molecule has 21 heavy (non-hydrogen) atoms. The number of methoxy groups -OCH3 is 1. The lowest BCUT2D eigenvalue weighted by molar-refractivity contribution is -0.119. The van der Waals surface area contributed by atoms with E-state index in [4.69, 9.17) is 4.74 Å². The number of nitrogens with one attached hydrogen (secondary N) is 1. The zero-order valence-electron chi connectivity index (χ0n) is 12.4. The van der Waals surface area contributed by atoms with Gasteiger partial charge in [0.2, 0.25) is 5.91 Å². The van der Waals surface area contributed by atoms with Gasteiger partial charge in [0.15, 0.2) is 5.78 Å². The highest BCUT2D eigenvalue weighted by atomic mass is 16.5. The Morgan fingerprint density at radius 1 is 1.29 bits per heavy atom. The summed E-state index contributed by atoms with van der Waals surface area (Å²) >= 11 is 0. The van der Waals surface area contributed by atoms with Gasteiger partial charge in [-0.15, -0.1) is 0 Å². The summed E-state index contributed by atoms with van der Waals surface area (Å²) in [5.41, 5.74) is 0.777. The summed E-state index contributed by atoms with van der Waals surface area (Å²) in [7, 11) is 1.45. The van der Waals surface area contributed by atoms with Crippen molar-refractivity contribution in [3.63, 3.8) is 0 Å². The zero-order chi connectivity index (χ0) is 16.0. The quantitative estimate of drug-likeness (QED) is 0.647. The van der Waals surface area contributed by atoms with Gasteiger partial charge in [-0.1, -0.05) is 0 Å². The third-order valence-electron chi connectivity index (χ3n) is 3.13. The fourth-order valence-electron chi connectivity index (χ4n) is 1.95. The number of hydrogen-bond acceptors (Lipinski definition) is 5. The van der Waals surface area contributed by atoms with Gasteiger partial charge in [0.05, 0.1) is 13.2 Å². The molecule has 2 atom stereocenters. The zero-order valence-corrected chi connectivity index (χ0v) is 12.4. The van der Waals surface area contributed by atoms with Crippen LogP contribution in [0.1, 0.15) is 42.3 Å². The molecule has 0 heterocycles. The molecular weight excluding hydrogens is 274 g/mol. The number of rotatable bonds is 7. The van der Waals surface area contributed by atoms with Gasteiger partial charge in [-0.05, 0) is 31.5 Å². The van der Waals surface area contributed by atoms with Crippen LogP contribution in [0.4, 0.5) is 0 Å². The average Bonchev–Trinajstić information content (AvgIpc) is 2.45. The molecular formula is C15H21NO5. The molecule has 0 aliphatic rings. The maximum absolute atomic E-state index is 11.4. The van der Waals surface area contributed by atoms with Crippen molar-refractivity contribution in [2.24, 2.45) is 0 Å². The van der Waals surface area contributed by atoms with Gasteiger partial charge in [-0.2, -0.15) is 0 Å². The lowest BCUT2D eigenvalue weighted by Gasteiger charge is -2.21. The molecule has 116 valence electrons. The van der Waals surface area contributed by atoms with Gasteiger partial charge >= 0.3 is 0 Å². The van der Waals surface area contributed by atoms with Crippen LogP contribution in [0.25, 0.3) is 0 Å². The topological polar surface area (TPSA) is 95.9 Å². The number of hydrogen-bond donors (Lipinski definition) is 3. The fourth-order valence-corrected chi connectivity index (χ4v) is 1.95. The number of carbonyl (C=O) groups is 2. The number of benzene rings is 1. The van der Waals surface area contributed by atoms with Crippen molar-refractivity contribution in [2.75, 3.05) is 13.7 Å². The third kappa shape index (κ3) is 4.84. The molecule has 1 aromatic rings. The molecule has 1 amide bonds. The van der Waals surface area contributed by atoms with E-state index in [9.17, 15) is 19.8 Å². The summed E-state index contributed by atoms with van der Waals surface area (Å²) in [5, 5.41) is 22.8. The molecule has 0 saturated carbocycles. The van der Waals surface area contributed by atoms with Crippen molar-refractivity contribution >= 4 is 11.7 Å². The second-order valence-corrected chi connectivity index (χ2v) is 4.80. The molecule has 6 nitrogen and oxygen atoms in total. The second kappa shape index (κ2) is 7.75. The van der Waals surface area contributed by atoms with Crippen LogP contribution in [0.5, 0.6) is 5.75 Å². The van der Waals surface area contributed by atoms with Gasteiger partial charge in [-0.25, -0.2) is 0 Å². The van der Waals surface area contributed by atoms with Crippen molar-refractivity contribution in [3.05, 3.63) is 29.3 Å². The summed E-state index contributed by atoms with van der Waals surface area (Å²) in [5.74, 6) is 0.0535. The van der Waals surface area contributed by atoms with Crippen LogP contribution in [-0.4, -0.2) is 41.7 Å². The van der Waals surface area contributed by atoms with Crippen molar-refractivity contribution in [3.8, 4) is 5.75 Å². The highest BCUT2D eigenvalue weighted by Crippen LogP contribution is 2.29. The van der Waals surface area contributed by atoms with Crippen molar-refractivity contribution in [1.82, 2.24) is 5.32 Å². The lowest BCUT2D eigenvalue weighted by Crippen LogP contribution is -2.27. The molecule has 0 fully saturated rings. The third-order valence-corrected chi connectivity index (χ3v) is 3.13. The summed E-state index contributed by atoms with van der Waals surface area (Å²) in [6, 6.07) is 4.68. The predicted octanol–water partition coefficient (Wildman–Crippen LogP) is 0.818. The average molecular weight is 295 g/mol. The number of amides is 1. The SMILES string of the molecule is COc1ccc(C(C)=O)cc1C(O)C(O)CCNC(C)=O. The molecule has 0 saturated heterocycles. The van der Waals surface area contributed by atoms with E-state index in [1.807, 2.05) is 0 Å². The molecule has 0 aliphatic carbocycles. The Hall–Kier alpha value is -1.92. The summed E-state index contributed by atoms with van der Waals surface area (Å²) in [6.07, 6.45) is -2.09. The summed E-state index contributed by atoms with van der Waals surface area (Å²) in [4.78, 5) is 22.2. The fraction of sp³-hybridized carbons (Fsp3) is 0.467. The van der Waals surface area contributed by atoms with Gasteiger partial charge < -0.3 is 20.3 Å². The Morgan fingerprint density at radius 2 is 1.95 bits per heavy atom. The van der Waals surface area contributed by atoms with E-state index in [2.05, 4.69) is 5.32 Å². The smallest absolute Gasteiger partial charge is 0.216 e. The van der Waals surface area contributed by atoms with Crippen molar-refractivity contribution in [1.29, 1.82) is 0 Å². The molecule has 0 spiro atoms. The van der Waals surface area contributed by atoms with Crippen LogP contribution in [0.2, 0.25) is 0 Å². The molecule has 1 aromatic carbocycles. The molecule has 0 aliphatic heterocycles. The number of Topliss-reactive ketones (excluding diaryl/α,β-unsaturated/α-hetero) is 1. The first-order valence-electron chi connectivity index (χ1n) is 6.66. The molecule has 0 radical (unpaired) electrons. The first-order valence-corrected chi connectivity index (χ1v) is 6.66. The molecule has 0 aromatic heterocycles. The lowest BCUT2D eigenvalue weighted by atomic mass is 9.98. The first kappa shape index (κ1) is 17.1. The van der Waals surface area contributed by atoms with Crippen LogP contribution in [0, 0.1) is 0 Å². The monoisotopic (exact) mass is 295 g/mol. The van der Waals surface area contributed by atoms with Crippen molar-refractivity contribution in [2.45, 2.75) is 32.5 Å². The maximum Gasteiger partial charge on any atom is 0.216 e. The van der Waals surface area contributed by atoms with Crippen LogP contribution >= 0.6 is 0 Å². The predicted molar refractivity (Wildman–Crippen MR) is 77.3 cm³/mol. The molecule has 3 N–H and O–H groups in total. The van der Waals surface area contributed by atoms with Crippen LogP contribution in [0.3, 0.4) is 0 Å². The largest absolute Gasteiger partial charge is 0.496 e. The van der Waals surface area contributed by atoms with Gasteiger partial charge in [0.25, 0.3) is 0 Å². The van der Waals surface area contributed by atoms with Crippen LogP contribution in [0.15, 0.2) is 18.2 Å². The van der Waals surface area contributed by atoms with Gasteiger partial charge in [0.1, 0.15) is 11.9 Å². The normalized spacial score (nSPS) is 13.4. The Kier molecular flexibility index (Phi) is 6.33. The van der Waals surface area contributed by atoms with E-state index in [1.54, 1.807) is 12.1 Å². The van der Waals surface area contributed by atoms with E-state index in [-0.39, 0.29) is 24.7 Å². The number of ether oxygens (including phenoxy) is 1. The van der Waals surface area contributed by atoms with Gasteiger partial charge in [-0.3, -0.25) is 9.59 Å². The highest BCUT2D eigenvalue weighted by Gasteiger charge is 2.22. The van der Waals surface area contributed by atoms with E-state index in [0.717, 1.165) is 0 Å². The van der Waals surface area contributed by atoms with Gasteiger partial charge in [0, 0.05) is 24.6 Å². The molecule has 1 rings (SSSR count). The Morgan fingerprint density at radius 3 is 2.48 bits per heavy atom. The Balaban J connectivity index is 2.88. The maximum atomic E-state index is 11.4. The van der Waals surface area contributed by atoms with E-state index < -0.39 is 12.2 Å². The van der Waals surface area contributed by atoms with Crippen molar-refractivity contribution < 1.29 is 24.5 Å². The minimum absolute atomic E-state index is 0.140. The number of aliphatic hydroxyl groups is 2. The van der Waals surface area contributed by atoms with Crippen LogP contribution < -0.4 is 10.1 Å². The standard InChI is InChI=1S/C15H21NO5/c1-9(17)11-4-5-14(21-3)12(8-11)15(20)13(19)6-7-16-10(2)18/h4-5,8,13,15,19-20H,6-7H2,1-3H3,(H,16,18). The molecule has 6 heteroatoms. The Bertz CT molecular complexity index is 515. The summed E-state index contributed by atoms with van der Waals surface area (Å²) < 4.78 is 5.14. The minimum Gasteiger partial charge on any atom is -0.496 e. The molecule has 0 bridgehead atoms. The minimum atomic E-state index is -1.20. The number of carbonyl (C=O) groups excluding carboxylic acids is 2.